The van der Waals surface area contributed by atoms with Gasteiger partial charge in [0.25, 0.3) is 0 Å². The van der Waals surface area contributed by atoms with Gasteiger partial charge in [-0.1, -0.05) is 17.3 Å². The summed E-state index contributed by atoms with van der Waals surface area (Å²) in [5.41, 5.74) is 2.18. The zero-order chi connectivity index (χ0) is 22.9. The number of nitrogens with one attached hydrogen (secondary N) is 2. The molecule has 32 heavy (non-hydrogen) atoms. The van der Waals surface area contributed by atoms with Crippen molar-refractivity contribution in [3.8, 4) is 5.75 Å². The highest BCUT2D eigenvalue weighted by atomic mass is 16.5. The SMILES string of the molecule is COc1ccc(Cn2nnc3c(N4CCC(NC(C)=O)C4)nc(NC(C)(C)C)nc32)cc1. The molecule has 1 aromatic carbocycles. The van der Waals surface area contributed by atoms with Crippen molar-refractivity contribution in [3.05, 3.63) is 29.8 Å². The summed E-state index contributed by atoms with van der Waals surface area (Å²) >= 11 is 0. The molecule has 2 N–H and O–H groups in total. The van der Waals surface area contributed by atoms with E-state index in [0.29, 0.717) is 30.2 Å². The van der Waals surface area contributed by atoms with Crippen LogP contribution in [0.2, 0.25) is 0 Å². The van der Waals surface area contributed by atoms with E-state index in [9.17, 15) is 4.79 Å². The quantitative estimate of drug-likeness (QED) is 0.603. The van der Waals surface area contributed by atoms with Gasteiger partial charge in [0.15, 0.2) is 17.0 Å². The van der Waals surface area contributed by atoms with E-state index in [1.54, 1.807) is 18.7 Å². The molecular formula is C22H30N8O2. The van der Waals surface area contributed by atoms with Crippen LogP contribution in [0.15, 0.2) is 24.3 Å². The number of carbonyl (C=O) groups excluding carboxylic acids is 1. The highest BCUT2D eigenvalue weighted by Gasteiger charge is 2.28. The third-order valence-corrected chi connectivity index (χ3v) is 5.22. The molecule has 170 valence electrons. The minimum absolute atomic E-state index is 0.0230. The first-order valence-corrected chi connectivity index (χ1v) is 10.8. The second-order valence-corrected chi connectivity index (χ2v) is 9.15. The molecule has 0 saturated carbocycles. The Kier molecular flexibility index (Phi) is 5.86. The minimum atomic E-state index is -0.205. The predicted octanol–water partition coefficient (Wildman–Crippen LogP) is 2.20. The lowest BCUT2D eigenvalue weighted by atomic mass is 10.1. The van der Waals surface area contributed by atoms with Gasteiger partial charge in [0, 0.05) is 31.6 Å². The lowest BCUT2D eigenvalue weighted by molar-refractivity contribution is -0.119. The van der Waals surface area contributed by atoms with Crippen LogP contribution in [0.3, 0.4) is 0 Å². The van der Waals surface area contributed by atoms with Gasteiger partial charge in [-0.15, -0.1) is 5.10 Å². The Bertz CT molecular complexity index is 1100. The summed E-state index contributed by atoms with van der Waals surface area (Å²) in [6.45, 7) is 9.72. The Morgan fingerprint density at radius 1 is 1.22 bits per heavy atom. The fraction of sp³-hybridized carbons (Fsp3) is 0.500. The van der Waals surface area contributed by atoms with Gasteiger partial charge < -0.3 is 20.3 Å². The topological polar surface area (TPSA) is 110 Å². The third kappa shape index (κ3) is 4.90. The molecule has 3 heterocycles. The average Bonchev–Trinajstić information content (AvgIpc) is 3.34. The first kappa shape index (κ1) is 21.8. The fourth-order valence-electron chi connectivity index (χ4n) is 3.82. The molecule has 4 rings (SSSR count). The first-order valence-electron chi connectivity index (χ1n) is 10.8. The van der Waals surface area contributed by atoms with Crippen molar-refractivity contribution >= 4 is 28.8 Å². The van der Waals surface area contributed by atoms with Gasteiger partial charge in [0.1, 0.15) is 5.75 Å². The van der Waals surface area contributed by atoms with Gasteiger partial charge in [-0.2, -0.15) is 9.97 Å². The zero-order valence-electron chi connectivity index (χ0n) is 19.2. The number of carbonyl (C=O) groups is 1. The van der Waals surface area contributed by atoms with Crippen molar-refractivity contribution in [2.24, 2.45) is 0 Å². The molecular weight excluding hydrogens is 408 g/mol. The molecule has 1 unspecified atom stereocenters. The molecule has 1 aliphatic rings. The highest BCUT2D eigenvalue weighted by Crippen LogP contribution is 2.28. The summed E-state index contributed by atoms with van der Waals surface area (Å²) in [5, 5.41) is 15.2. The number of hydrogen-bond acceptors (Lipinski definition) is 8. The number of rotatable bonds is 6. The smallest absolute Gasteiger partial charge is 0.227 e. The van der Waals surface area contributed by atoms with Gasteiger partial charge >= 0.3 is 0 Å². The second kappa shape index (κ2) is 8.60. The molecule has 0 radical (unpaired) electrons. The van der Waals surface area contributed by atoms with Gasteiger partial charge in [-0.05, 0) is 44.9 Å². The molecule has 10 nitrogen and oxygen atoms in total. The third-order valence-electron chi connectivity index (χ3n) is 5.22. The van der Waals surface area contributed by atoms with Crippen LogP contribution in [-0.2, 0) is 11.3 Å². The molecule has 1 amide bonds. The van der Waals surface area contributed by atoms with E-state index in [4.69, 9.17) is 14.7 Å². The Labute approximate surface area is 187 Å². The predicted molar refractivity (Wildman–Crippen MR) is 123 cm³/mol. The highest BCUT2D eigenvalue weighted by molar-refractivity contribution is 5.84. The number of hydrogen-bond donors (Lipinski definition) is 2. The van der Waals surface area contributed by atoms with Gasteiger partial charge in [-0.25, -0.2) is 4.68 Å². The monoisotopic (exact) mass is 438 g/mol. The van der Waals surface area contributed by atoms with Crippen molar-refractivity contribution in [1.82, 2.24) is 30.3 Å². The van der Waals surface area contributed by atoms with Crippen molar-refractivity contribution < 1.29 is 9.53 Å². The standard InChI is InChI=1S/C22H30N8O2/c1-14(31)23-16-10-11-29(13-16)19-18-20(25-21(24-19)26-22(2,3)4)30(28-27-18)12-15-6-8-17(32-5)9-7-15/h6-9,16H,10-13H2,1-5H3,(H,23,31)(H,24,25,26). The van der Waals surface area contributed by atoms with Gasteiger partial charge in [0.2, 0.25) is 11.9 Å². The van der Waals surface area contributed by atoms with E-state index in [0.717, 1.165) is 30.1 Å². The maximum atomic E-state index is 11.5. The minimum Gasteiger partial charge on any atom is -0.497 e. The number of ether oxygens (including phenoxy) is 1. The molecule has 1 aliphatic heterocycles. The molecule has 3 aromatic rings. The molecule has 1 fully saturated rings. The van der Waals surface area contributed by atoms with E-state index in [1.165, 1.54) is 0 Å². The maximum absolute atomic E-state index is 11.5. The number of benzene rings is 1. The van der Waals surface area contributed by atoms with E-state index in [1.807, 2.05) is 24.3 Å². The van der Waals surface area contributed by atoms with Crippen molar-refractivity contribution in [1.29, 1.82) is 0 Å². The number of anilines is 2. The number of methoxy groups -OCH3 is 1. The summed E-state index contributed by atoms with van der Waals surface area (Å²) in [6, 6.07) is 7.94. The van der Waals surface area contributed by atoms with E-state index < -0.39 is 0 Å². The van der Waals surface area contributed by atoms with Crippen LogP contribution in [0.1, 0.15) is 39.7 Å². The number of amides is 1. The van der Waals surface area contributed by atoms with Gasteiger partial charge in [-0.3, -0.25) is 4.79 Å². The normalized spacial score (nSPS) is 16.4. The van der Waals surface area contributed by atoms with Crippen molar-refractivity contribution in [2.45, 2.75) is 52.2 Å². The molecule has 0 spiro atoms. The van der Waals surface area contributed by atoms with Crippen LogP contribution in [0.4, 0.5) is 11.8 Å². The van der Waals surface area contributed by atoms with Crippen LogP contribution >= 0.6 is 0 Å². The fourth-order valence-corrected chi connectivity index (χ4v) is 3.82. The van der Waals surface area contributed by atoms with Crippen LogP contribution in [-0.4, -0.2) is 62.6 Å². The van der Waals surface area contributed by atoms with Crippen LogP contribution in [0.25, 0.3) is 11.2 Å². The number of nitrogens with zero attached hydrogens (tertiary/aromatic N) is 6. The van der Waals surface area contributed by atoms with Crippen molar-refractivity contribution in [2.75, 3.05) is 30.4 Å². The summed E-state index contributed by atoms with van der Waals surface area (Å²) in [6.07, 6.45) is 0.854. The number of fused-ring (bicyclic) bond motifs is 1. The van der Waals surface area contributed by atoms with Crippen molar-refractivity contribution in [3.63, 3.8) is 0 Å². The van der Waals surface area contributed by atoms with E-state index in [2.05, 4.69) is 46.6 Å². The Morgan fingerprint density at radius 3 is 2.62 bits per heavy atom. The number of aromatic nitrogens is 5. The second-order valence-electron chi connectivity index (χ2n) is 9.15. The maximum Gasteiger partial charge on any atom is 0.227 e. The molecule has 10 heteroatoms. The van der Waals surface area contributed by atoms with Crippen LogP contribution < -0.4 is 20.3 Å². The lowest BCUT2D eigenvalue weighted by Crippen LogP contribution is -2.36. The molecule has 2 aromatic heterocycles. The summed E-state index contributed by atoms with van der Waals surface area (Å²) in [5.74, 6) is 2.04. The Hall–Kier alpha value is -3.43. The molecule has 0 aliphatic carbocycles. The summed E-state index contributed by atoms with van der Waals surface area (Å²) < 4.78 is 7.04. The van der Waals surface area contributed by atoms with E-state index in [-0.39, 0.29) is 17.5 Å². The zero-order valence-corrected chi connectivity index (χ0v) is 19.2. The summed E-state index contributed by atoms with van der Waals surface area (Å²) in [7, 11) is 1.65. The van der Waals surface area contributed by atoms with Gasteiger partial charge in [0.05, 0.1) is 13.7 Å². The average molecular weight is 439 g/mol. The first-order chi connectivity index (χ1) is 15.2. The lowest BCUT2D eigenvalue weighted by Gasteiger charge is -2.23. The van der Waals surface area contributed by atoms with Crippen LogP contribution in [0, 0.1) is 0 Å². The Balaban J connectivity index is 1.70. The molecule has 1 atom stereocenters. The van der Waals surface area contributed by atoms with Crippen LogP contribution in [0.5, 0.6) is 5.75 Å². The van der Waals surface area contributed by atoms with E-state index >= 15 is 0 Å². The Morgan fingerprint density at radius 2 is 1.97 bits per heavy atom. The summed E-state index contributed by atoms with van der Waals surface area (Å²) in [4.78, 5) is 23.2. The molecule has 0 bridgehead atoms. The largest absolute Gasteiger partial charge is 0.497 e. The molecule has 1 saturated heterocycles.